The van der Waals surface area contributed by atoms with Gasteiger partial charge in [-0.3, -0.25) is 9.46 Å². The van der Waals surface area contributed by atoms with Crippen LogP contribution in [0.5, 0.6) is 0 Å². The summed E-state index contributed by atoms with van der Waals surface area (Å²) in [5.74, 6) is -1.20. The second-order valence-corrected chi connectivity index (χ2v) is 8.82. The number of rotatable bonds is 6. The van der Waals surface area contributed by atoms with E-state index in [-0.39, 0.29) is 6.42 Å². The summed E-state index contributed by atoms with van der Waals surface area (Å²) in [5.41, 5.74) is 0.881. The number of carboxylic acids is 1. The molecule has 0 aliphatic carbocycles. The highest BCUT2D eigenvalue weighted by atomic mass is 31.2. The molecule has 3 N–H and O–H groups in total. The molecular weight excluding hydrogens is 361 g/mol. The summed E-state index contributed by atoms with van der Waals surface area (Å²) in [7, 11) is -2.90. The summed E-state index contributed by atoms with van der Waals surface area (Å²) in [4.78, 5) is 43.2. The Bertz CT molecular complexity index is 720. The Morgan fingerprint density at radius 3 is 2.23 bits per heavy atom. The first kappa shape index (κ1) is 22.2. The molecule has 8 nitrogen and oxygen atoms in total. The molecule has 146 valence electrons. The number of aliphatic carboxylic acids is 1. The molecule has 0 spiro atoms. The Morgan fingerprint density at radius 1 is 1.23 bits per heavy atom. The van der Waals surface area contributed by atoms with E-state index < -0.39 is 37.5 Å². The number of carbonyl (C=O) groups is 2. The van der Waals surface area contributed by atoms with Crippen LogP contribution >= 0.6 is 7.60 Å². The van der Waals surface area contributed by atoms with Crippen LogP contribution in [0.15, 0.2) is 18.2 Å². The lowest BCUT2D eigenvalue weighted by Crippen LogP contribution is -2.46. The predicted octanol–water partition coefficient (Wildman–Crippen LogP) is 2.54. The molecule has 0 heterocycles. The van der Waals surface area contributed by atoms with Gasteiger partial charge in [-0.1, -0.05) is 18.2 Å². The van der Waals surface area contributed by atoms with E-state index in [0.29, 0.717) is 16.7 Å². The normalized spacial score (nSPS) is 13.2. The maximum atomic E-state index is 12.2. The fourth-order valence-corrected chi connectivity index (χ4v) is 3.20. The van der Waals surface area contributed by atoms with Crippen molar-refractivity contribution in [2.75, 3.05) is 7.05 Å². The van der Waals surface area contributed by atoms with Crippen molar-refractivity contribution in [1.82, 2.24) is 4.90 Å². The van der Waals surface area contributed by atoms with Gasteiger partial charge >= 0.3 is 19.7 Å². The molecule has 1 atom stereocenters. The number of benzene rings is 1. The highest BCUT2D eigenvalue weighted by Crippen LogP contribution is 2.40. The third kappa shape index (κ3) is 6.78. The van der Waals surface area contributed by atoms with Crippen LogP contribution < -0.4 is 0 Å². The fraction of sp³-hybridized carbons (Fsp3) is 0.529. The molecule has 1 amide bonds. The van der Waals surface area contributed by atoms with Crippen molar-refractivity contribution in [3.63, 3.8) is 0 Å². The monoisotopic (exact) mass is 387 g/mol. The highest BCUT2D eigenvalue weighted by Gasteiger charge is 2.31. The molecule has 1 rings (SSSR count). The van der Waals surface area contributed by atoms with Gasteiger partial charge < -0.3 is 19.6 Å². The topological polar surface area (TPSA) is 124 Å². The molecule has 26 heavy (non-hydrogen) atoms. The number of carboxylic acid groups (broad SMARTS) is 1. The van der Waals surface area contributed by atoms with E-state index in [1.165, 1.54) is 7.05 Å². The molecule has 9 heteroatoms. The smallest absolute Gasteiger partial charge is 0.410 e. The Kier molecular flexibility index (Phi) is 6.99. The molecule has 0 fully saturated rings. The average molecular weight is 387 g/mol. The lowest BCUT2D eigenvalue weighted by molar-refractivity contribution is -0.142. The van der Waals surface area contributed by atoms with Crippen molar-refractivity contribution in [2.24, 2.45) is 0 Å². The summed E-state index contributed by atoms with van der Waals surface area (Å²) in [6.07, 6.45) is -1.19. The van der Waals surface area contributed by atoms with Gasteiger partial charge in [-0.05, 0) is 44.4 Å². The molecule has 0 unspecified atom stereocenters. The zero-order chi connectivity index (χ0) is 20.3. The zero-order valence-electron chi connectivity index (χ0n) is 15.6. The van der Waals surface area contributed by atoms with E-state index in [1.807, 2.05) is 0 Å². The van der Waals surface area contributed by atoms with Gasteiger partial charge in [-0.25, -0.2) is 9.59 Å². The standard InChI is InChI=1S/C17H26NO7P/c1-11-12(7-6-8-13(11)10-26(22,23)24)9-14(15(19)20)18(5)16(21)25-17(2,3)4/h6-8,14H,9-10H2,1-5H3,(H,19,20)(H2,22,23,24)/t14-/m0/s1. The van der Waals surface area contributed by atoms with E-state index in [1.54, 1.807) is 45.9 Å². The second-order valence-electron chi connectivity index (χ2n) is 7.17. The Morgan fingerprint density at radius 2 is 1.77 bits per heavy atom. The molecule has 0 aromatic heterocycles. The lowest BCUT2D eigenvalue weighted by Gasteiger charge is -2.29. The third-order valence-electron chi connectivity index (χ3n) is 3.78. The second kappa shape index (κ2) is 8.20. The first-order chi connectivity index (χ1) is 11.7. The Hall–Kier alpha value is -1.89. The molecule has 1 aromatic carbocycles. The Labute approximate surface area is 152 Å². The van der Waals surface area contributed by atoms with Crippen LogP contribution in [0.2, 0.25) is 0 Å². The lowest BCUT2D eigenvalue weighted by atomic mass is 9.97. The number of hydrogen-bond donors (Lipinski definition) is 3. The minimum atomic E-state index is -4.25. The molecule has 1 aromatic rings. The summed E-state index contributed by atoms with van der Waals surface area (Å²) >= 11 is 0. The van der Waals surface area contributed by atoms with Gasteiger partial charge in [-0.2, -0.15) is 0 Å². The van der Waals surface area contributed by atoms with Gasteiger partial charge in [0.05, 0.1) is 6.16 Å². The number of carbonyl (C=O) groups excluding carboxylic acids is 1. The van der Waals surface area contributed by atoms with Crippen LogP contribution in [0.3, 0.4) is 0 Å². The number of nitrogens with zero attached hydrogens (tertiary/aromatic N) is 1. The molecule has 0 bridgehead atoms. The maximum absolute atomic E-state index is 12.2. The number of ether oxygens (including phenoxy) is 1. The SMILES string of the molecule is Cc1c(C[C@@H](C(=O)O)N(C)C(=O)OC(C)(C)C)cccc1CP(=O)(O)O. The van der Waals surface area contributed by atoms with E-state index in [0.717, 1.165) is 4.90 Å². The molecule has 0 radical (unpaired) electrons. The number of amides is 1. The maximum Gasteiger partial charge on any atom is 0.410 e. The summed E-state index contributed by atoms with van der Waals surface area (Å²) in [5, 5.41) is 9.52. The quantitative estimate of drug-likeness (QED) is 0.641. The molecular formula is C17H26NO7P. The summed E-state index contributed by atoms with van der Waals surface area (Å²) < 4.78 is 16.5. The summed E-state index contributed by atoms with van der Waals surface area (Å²) in [6, 6.07) is 3.70. The van der Waals surface area contributed by atoms with Gasteiger partial charge in [0.15, 0.2) is 0 Å². The minimum absolute atomic E-state index is 0.00803. The Balaban J connectivity index is 3.08. The average Bonchev–Trinajstić information content (AvgIpc) is 2.44. The number of hydrogen-bond acceptors (Lipinski definition) is 4. The zero-order valence-corrected chi connectivity index (χ0v) is 16.5. The fourth-order valence-electron chi connectivity index (χ4n) is 2.41. The van der Waals surface area contributed by atoms with Crippen LogP contribution in [0.1, 0.15) is 37.5 Å². The van der Waals surface area contributed by atoms with E-state index in [4.69, 9.17) is 4.74 Å². The van der Waals surface area contributed by atoms with Crippen molar-refractivity contribution < 1.29 is 33.8 Å². The van der Waals surface area contributed by atoms with Crippen molar-refractivity contribution in [1.29, 1.82) is 0 Å². The predicted molar refractivity (Wildman–Crippen MR) is 96.1 cm³/mol. The van der Waals surface area contributed by atoms with Crippen molar-refractivity contribution >= 4 is 19.7 Å². The largest absolute Gasteiger partial charge is 0.480 e. The third-order valence-corrected chi connectivity index (χ3v) is 4.53. The first-order valence-electron chi connectivity index (χ1n) is 8.02. The molecule has 0 saturated heterocycles. The van der Waals surface area contributed by atoms with Gasteiger partial charge in [-0.15, -0.1) is 0 Å². The van der Waals surface area contributed by atoms with E-state index in [9.17, 15) is 29.0 Å². The van der Waals surface area contributed by atoms with Crippen LogP contribution in [0.25, 0.3) is 0 Å². The van der Waals surface area contributed by atoms with Crippen LogP contribution in [0, 0.1) is 6.92 Å². The van der Waals surface area contributed by atoms with Crippen molar-refractivity contribution in [3.05, 3.63) is 34.9 Å². The van der Waals surface area contributed by atoms with E-state index >= 15 is 0 Å². The van der Waals surface area contributed by atoms with Crippen molar-refractivity contribution in [3.8, 4) is 0 Å². The van der Waals surface area contributed by atoms with Gasteiger partial charge in [0.25, 0.3) is 0 Å². The molecule has 0 aliphatic rings. The summed E-state index contributed by atoms with van der Waals surface area (Å²) in [6.45, 7) is 6.73. The van der Waals surface area contributed by atoms with Crippen molar-refractivity contribution in [2.45, 2.75) is 51.9 Å². The van der Waals surface area contributed by atoms with Crippen LogP contribution in [0.4, 0.5) is 4.79 Å². The van der Waals surface area contributed by atoms with Gasteiger partial charge in [0, 0.05) is 13.5 Å². The highest BCUT2D eigenvalue weighted by molar-refractivity contribution is 7.50. The van der Waals surface area contributed by atoms with Crippen LogP contribution in [-0.2, 0) is 26.7 Å². The minimum Gasteiger partial charge on any atom is -0.480 e. The number of likely N-dealkylation sites (N-methyl/N-ethyl adjacent to an activating group) is 1. The van der Waals surface area contributed by atoms with Gasteiger partial charge in [0.2, 0.25) is 0 Å². The van der Waals surface area contributed by atoms with E-state index in [2.05, 4.69) is 0 Å². The molecule has 0 saturated carbocycles. The first-order valence-corrected chi connectivity index (χ1v) is 9.81. The van der Waals surface area contributed by atoms with Crippen LogP contribution in [-0.4, -0.2) is 50.5 Å². The molecule has 0 aliphatic heterocycles. The van der Waals surface area contributed by atoms with Gasteiger partial charge in [0.1, 0.15) is 11.6 Å².